The first-order valence-corrected chi connectivity index (χ1v) is 14.3. The van der Waals surface area contributed by atoms with Crippen LogP contribution in [-0.4, -0.2) is 15.0 Å². The van der Waals surface area contributed by atoms with Crippen molar-refractivity contribution < 1.29 is 4.42 Å². The van der Waals surface area contributed by atoms with Gasteiger partial charge in [-0.25, -0.2) is 15.0 Å². The van der Waals surface area contributed by atoms with E-state index in [4.69, 9.17) is 19.4 Å². The van der Waals surface area contributed by atoms with E-state index in [0.29, 0.717) is 17.5 Å². The molecule has 0 bridgehead atoms. The summed E-state index contributed by atoms with van der Waals surface area (Å²) in [7, 11) is 0. The highest BCUT2D eigenvalue weighted by Gasteiger charge is 2.15. The Hall–Kier alpha value is -5.87. The van der Waals surface area contributed by atoms with Gasteiger partial charge in [0.1, 0.15) is 11.2 Å². The predicted molar refractivity (Wildman–Crippen MR) is 174 cm³/mol. The zero-order valence-electron chi connectivity index (χ0n) is 23.2. The normalized spacial score (nSPS) is 11.3. The standard InChI is InChI=1S/C39H25N3O/c1-3-11-26(12-4-1)27-21-23-29(24-22-27)38-40-37(28-13-5-2-6-14-28)41-39(42-38)31-16-9-15-30(25-31)32-18-10-20-35-36(32)33-17-7-8-19-34(33)43-35/h1-25H. The minimum atomic E-state index is 0.627. The molecule has 0 fully saturated rings. The zero-order chi connectivity index (χ0) is 28.6. The number of furan rings is 1. The van der Waals surface area contributed by atoms with Gasteiger partial charge < -0.3 is 4.42 Å². The Labute approximate surface area is 249 Å². The molecule has 4 heteroatoms. The molecule has 2 heterocycles. The summed E-state index contributed by atoms with van der Waals surface area (Å²) < 4.78 is 6.16. The number of para-hydroxylation sites is 1. The number of aromatic nitrogens is 3. The molecule has 0 spiro atoms. The fourth-order valence-electron chi connectivity index (χ4n) is 5.63. The van der Waals surface area contributed by atoms with E-state index in [1.165, 1.54) is 5.56 Å². The van der Waals surface area contributed by atoms with Crippen LogP contribution >= 0.6 is 0 Å². The van der Waals surface area contributed by atoms with Crippen LogP contribution in [-0.2, 0) is 0 Å². The lowest BCUT2D eigenvalue weighted by Crippen LogP contribution is -2.00. The molecule has 8 aromatic rings. The van der Waals surface area contributed by atoms with Crippen molar-refractivity contribution in [2.24, 2.45) is 0 Å². The molecule has 0 radical (unpaired) electrons. The van der Waals surface area contributed by atoms with Gasteiger partial charge in [0.05, 0.1) is 0 Å². The summed E-state index contributed by atoms with van der Waals surface area (Å²) in [5.74, 6) is 1.90. The van der Waals surface area contributed by atoms with Gasteiger partial charge in [-0.3, -0.25) is 0 Å². The predicted octanol–water partition coefficient (Wildman–Crippen LogP) is 10.1. The summed E-state index contributed by atoms with van der Waals surface area (Å²) in [4.78, 5) is 14.9. The summed E-state index contributed by atoms with van der Waals surface area (Å²) >= 11 is 0. The van der Waals surface area contributed by atoms with E-state index in [9.17, 15) is 0 Å². The van der Waals surface area contributed by atoms with Gasteiger partial charge in [0.15, 0.2) is 17.5 Å². The summed E-state index contributed by atoms with van der Waals surface area (Å²) in [5, 5.41) is 2.21. The molecule has 0 aliphatic rings. The van der Waals surface area contributed by atoms with Crippen LogP contribution < -0.4 is 0 Å². The Morgan fingerprint density at radius 2 is 0.837 bits per heavy atom. The molecule has 0 aliphatic heterocycles. The lowest BCUT2D eigenvalue weighted by atomic mass is 9.98. The molecule has 0 atom stereocenters. The van der Waals surface area contributed by atoms with Gasteiger partial charge in [0.2, 0.25) is 0 Å². The van der Waals surface area contributed by atoms with Crippen molar-refractivity contribution in [1.29, 1.82) is 0 Å². The first kappa shape index (κ1) is 24.9. The van der Waals surface area contributed by atoms with Crippen LogP contribution in [0.25, 0.3) is 78.4 Å². The second-order valence-electron chi connectivity index (χ2n) is 10.5. The Morgan fingerprint density at radius 1 is 0.349 bits per heavy atom. The Balaban J connectivity index is 1.26. The third-order valence-electron chi connectivity index (χ3n) is 7.75. The van der Waals surface area contributed by atoms with Crippen molar-refractivity contribution in [3.8, 4) is 56.4 Å². The first-order valence-electron chi connectivity index (χ1n) is 14.3. The summed E-state index contributed by atoms with van der Waals surface area (Å²) in [5.41, 5.74) is 9.06. The molecule has 0 unspecified atom stereocenters. The second-order valence-corrected chi connectivity index (χ2v) is 10.5. The summed E-state index contributed by atoms with van der Waals surface area (Å²) in [6, 6.07) is 51.6. The van der Waals surface area contributed by atoms with Gasteiger partial charge in [-0.05, 0) is 40.5 Å². The molecule has 0 N–H and O–H groups in total. The van der Waals surface area contributed by atoms with Gasteiger partial charge in [0.25, 0.3) is 0 Å². The fraction of sp³-hybridized carbons (Fsp3) is 0. The van der Waals surface area contributed by atoms with Crippen LogP contribution in [0.1, 0.15) is 0 Å². The lowest BCUT2D eigenvalue weighted by Gasteiger charge is -2.10. The molecule has 0 saturated heterocycles. The Kier molecular flexibility index (Phi) is 6.08. The van der Waals surface area contributed by atoms with Crippen LogP contribution in [0.4, 0.5) is 0 Å². The van der Waals surface area contributed by atoms with Gasteiger partial charge in [-0.1, -0.05) is 133 Å². The van der Waals surface area contributed by atoms with Crippen molar-refractivity contribution in [3.05, 3.63) is 152 Å². The third-order valence-corrected chi connectivity index (χ3v) is 7.75. The minimum Gasteiger partial charge on any atom is -0.456 e. The largest absolute Gasteiger partial charge is 0.456 e. The van der Waals surface area contributed by atoms with E-state index in [-0.39, 0.29) is 0 Å². The van der Waals surface area contributed by atoms with E-state index in [1.807, 2.05) is 66.7 Å². The highest BCUT2D eigenvalue weighted by Crippen LogP contribution is 2.37. The Morgan fingerprint density at radius 3 is 1.58 bits per heavy atom. The maximum atomic E-state index is 6.16. The number of nitrogens with zero attached hydrogens (tertiary/aromatic N) is 3. The average Bonchev–Trinajstić information content (AvgIpc) is 3.48. The molecule has 4 nitrogen and oxygen atoms in total. The molecule has 0 aliphatic carbocycles. The van der Waals surface area contributed by atoms with Crippen molar-refractivity contribution >= 4 is 21.9 Å². The van der Waals surface area contributed by atoms with Crippen molar-refractivity contribution in [2.45, 2.75) is 0 Å². The average molecular weight is 552 g/mol. The van der Waals surface area contributed by atoms with Gasteiger partial charge in [-0.15, -0.1) is 0 Å². The zero-order valence-corrected chi connectivity index (χ0v) is 23.2. The smallest absolute Gasteiger partial charge is 0.164 e. The third kappa shape index (κ3) is 4.65. The maximum Gasteiger partial charge on any atom is 0.164 e. The SMILES string of the molecule is c1ccc(-c2ccc(-c3nc(-c4ccccc4)nc(-c4cccc(-c5cccc6oc7ccccc7c56)c4)n3)cc2)cc1. The summed E-state index contributed by atoms with van der Waals surface area (Å²) in [6.07, 6.45) is 0. The number of benzene rings is 6. The van der Waals surface area contributed by atoms with E-state index < -0.39 is 0 Å². The molecule has 202 valence electrons. The molecule has 0 saturated carbocycles. The van der Waals surface area contributed by atoms with Gasteiger partial charge in [-0.2, -0.15) is 0 Å². The number of fused-ring (bicyclic) bond motifs is 3. The minimum absolute atomic E-state index is 0.627. The second kappa shape index (κ2) is 10.5. The number of hydrogen-bond acceptors (Lipinski definition) is 4. The molecular formula is C39H25N3O. The molecule has 2 aromatic heterocycles. The van der Waals surface area contributed by atoms with Crippen molar-refractivity contribution in [2.75, 3.05) is 0 Å². The highest BCUT2D eigenvalue weighted by molar-refractivity contribution is 6.12. The molecule has 0 amide bonds. The number of hydrogen-bond donors (Lipinski definition) is 0. The van der Waals surface area contributed by atoms with Crippen LogP contribution in [0.15, 0.2) is 156 Å². The monoisotopic (exact) mass is 551 g/mol. The number of rotatable bonds is 5. The Bertz CT molecular complexity index is 2220. The lowest BCUT2D eigenvalue weighted by molar-refractivity contribution is 0.669. The molecule has 6 aromatic carbocycles. The quantitative estimate of drug-likeness (QED) is 0.214. The topological polar surface area (TPSA) is 51.8 Å². The van der Waals surface area contributed by atoms with Gasteiger partial charge >= 0.3 is 0 Å². The van der Waals surface area contributed by atoms with Crippen molar-refractivity contribution in [1.82, 2.24) is 15.0 Å². The first-order chi connectivity index (χ1) is 21.3. The highest BCUT2D eigenvalue weighted by atomic mass is 16.3. The van der Waals surface area contributed by atoms with Crippen LogP contribution in [0.5, 0.6) is 0 Å². The van der Waals surface area contributed by atoms with Crippen molar-refractivity contribution in [3.63, 3.8) is 0 Å². The van der Waals surface area contributed by atoms with Crippen LogP contribution in [0, 0.1) is 0 Å². The fourth-order valence-corrected chi connectivity index (χ4v) is 5.63. The maximum absolute atomic E-state index is 6.16. The van der Waals surface area contributed by atoms with Crippen LogP contribution in [0.3, 0.4) is 0 Å². The molecule has 43 heavy (non-hydrogen) atoms. The van der Waals surface area contributed by atoms with E-state index in [2.05, 4.69) is 84.9 Å². The van der Waals surface area contributed by atoms with E-state index in [1.54, 1.807) is 0 Å². The molecular weight excluding hydrogens is 526 g/mol. The molecule has 8 rings (SSSR count). The van der Waals surface area contributed by atoms with Crippen LogP contribution in [0.2, 0.25) is 0 Å². The van der Waals surface area contributed by atoms with E-state index >= 15 is 0 Å². The van der Waals surface area contributed by atoms with Gasteiger partial charge in [0, 0.05) is 27.5 Å². The summed E-state index contributed by atoms with van der Waals surface area (Å²) in [6.45, 7) is 0. The van der Waals surface area contributed by atoms with E-state index in [0.717, 1.165) is 55.3 Å².